The molecule has 0 radical (unpaired) electrons. The summed E-state index contributed by atoms with van der Waals surface area (Å²) in [5.41, 5.74) is 6.32. The van der Waals surface area contributed by atoms with Crippen LogP contribution in [0.4, 0.5) is 5.95 Å². The van der Waals surface area contributed by atoms with E-state index in [1.807, 2.05) is 19.9 Å². The van der Waals surface area contributed by atoms with Gasteiger partial charge in [0.05, 0.1) is 0 Å². The fraction of sp³-hybridized carbons (Fsp3) is 0.722. The van der Waals surface area contributed by atoms with E-state index < -0.39 is 0 Å². The number of anilines is 1. The van der Waals surface area contributed by atoms with Crippen molar-refractivity contribution in [2.45, 2.75) is 84.5 Å². The average Bonchev–Trinajstić information content (AvgIpc) is 2.46. The molecule has 0 spiro atoms. The van der Waals surface area contributed by atoms with E-state index in [0.29, 0.717) is 5.95 Å². The Kier molecular flexibility index (Phi) is 7.34. The van der Waals surface area contributed by atoms with E-state index >= 15 is 0 Å². The fourth-order valence-electron chi connectivity index (χ4n) is 3.04. The lowest BCUT2D eigenvalue weighted by Crippen LogP contribution is -2.06. The number of nitrogens with one attached hydrogen (secondary N) is 1. The molecule has 0 unspecified atom stereocenters. The second-order valence-electron chi connectivity index (χ2n) is 6.45. The topological polar surface area (TPSA) is 50.2 Å². The molecule has 1 aliphatic carbocycles. The minimum absolute atomic E-state index is 0.621. The van der Waals surface area contributed by atoms with Crippen molar-refractivity contribution in [3.63, 3.8) is 0 Å². The van der Waals surface area contributed by atoms with Crippen LogP contribution in [-0.2, 0) is 0 Å². The largest absolute Gasteiger partial charge is 0.245 e. The fourth-order valence-corrected chi connectivity index (χ4v) is 3.04. The molecule has 4 nitrogen and oxygen atoms in total. The number of hydrazone groups is 1. The number of hydrogen-bond acceptors (Lipinski definition) is 4. The summed E-state index contributed by atoms with van der Waals surface area (Å²) in [5, 5.41) is 4.61. The molecule has 1 aromatic rings. The highest BCUT2D eigenvalue weighted by molar-refractivity contribution is 5.84. The van der Waals surface area contributed by atoms with Crippen molar-refractivity contribution >= 4 is 11.7 Å². The zero-order chi connectivity index (χ0) is 15.6. The number of aryl methyl sites for hydroxylation is 2. The maximum absolute atomic E-state index is 4.61. The third-order valence-corrected chi connectivity index (χ3v) is 4.23. The molecule has 0 amide bonds. The van der Waals surface area contributed by atoms with Crippen LogP contribution in [0, 0.1) is 13.8 Å². The van der Waals surface area contributed by atoms with Gasteiger partial charge in [0.2, 0.25) is 5.95 Å². The van der Waals surface area contributed by atoms with Gasteiger partial charge in [-0.3, -0.25) is 0 Å². The van der Waals surface area contributed by atoms with Crippen LogP contribution in [0.25, 0.3) is 0 Å². The highest BCUT2D eigenvalue weighted by Gasteiger charge is 2.04. The van der Waals surface area contributed by atoms with Gasteiger partial charge >= 0.3 is 0 Å². The van der Waals surface area contributed by atoms with Gasteiger partial charge in [-0.25, -0.2) is 15.4 Å². The van der Waals surface area contributed by atoms with Crippen LogP contribution >= 0.6 is 0 Å². The normalized spacial score (nSPS) is 18.2. The Labute approximate surface area is 134 Å². The minimum atomic E-state index is 0.621. The molecule has 2 rings (SSSR count). The summed E-state index contributed by atoms with van der Waals surface area (Å²) in [6, 6.07) is 1.98. The Morgan fingerprint density at radius 3 is 1.73 bits per heavy atom. The maximum Gasteiger partial charge on any atom is 0.243 e. The van der Waals surface area contributed by atoms with Gasteiger partial charge in [-0.1, -0.05) is 44.9 Å². The van der Waals surface area contributed by atoms with Crippen LogP contribution in [0.15, 0.2) is 11.2 Å². The van der Waals surface area contributed by atoms with Crippen LogP contribution in [0.5, 0.6) is 0 Å². The van der Waals surface area contributed by atoms with Gasteiger partial charge in [-0.05, 0) is 45.6 Å². The molecule has 0 atom stereocenters. The van der Waals surface area contributed by atoms with E-state index in [1.165, 1.54) is 63.5 Å². The zero-order valence-corrected chi connectivity index (χ0v) is 14.2. The monoisotopic (exact) mass is 302 g/mol. The molecule has 0 saturated heterocycles. The average molecular weight is 302 g/mol. The van der Waals surface area contributed by atoms with Gasteiger partial charge in [0.1, 0.15) is 0 Å². The first-order chi connectivity index (χ1) is 10.7. The molecule has 122 valence electrons. The summed E-state index contributed by atoms with van der Waals surface area (Å²) in [5.74, 6) is 0.621. The molecular weight excluding hydrogens is 272 g/mol. The number of aromatic nitrogens is 2. The lowest BCUT2D eigenvalue weighted by atomic mass is 10.00. The molecule has 0 aliphatic heterocycles. The second-order valence-corrected chi connectivity index (χ2v) is 6.45. The first-order valence-corrected chi connectivity index (χ1v) is 8.88. The Bertz CT molecular complexity index is 448. The Morgan fingerprint density at radius 1 is 0.773 bits per heavy atom. The summed E-state index contributed by atoms with van der Waals surface area (Å²) in [6.45, 7) is 3.98. The lowest BCUT2D eigenvalue weighted by molar-refractivity contribution is 0.555. The van der Waals surface area contributed by atoms with Gasteiger partial charge in [0.15, 0.2) is 0 Å². The smallest absolute Gasteiger partial charge is 0.243 e. The first-order valence-electron chi connectivity index (χ1n) is 8.88. The van der Waals surface area contributed by atoms with Crippen LogP contribution < -0.4 is 5.43 Å². The Morgan fingerprint density at radius 2 is 1.23 bits per heavy atom. The molecule has 1 fully saturated rings. The van der Waals surface area contributed by atoms with Crippen LogP contribution in [0.2, 0.25) is 0 Å². The van der Waals surface area contributed by atoms with E-state index in [1.54, 1.807) is 0 Å². The predicted octanol–water partition coefficient (Wildman–Crippen LogP) is 5.17. The van der Waals surface area contributed by atoms with E-state index in [-0.39, 0.29) is 0 Å². The molecule has 1 N–H and O–H groups in total. The summed E-state index contributed by atoms with van der Waals surface area (Å²) < 4.78 is 0. The first kappa shape index (κ1) is 16.9. The highest BCUT2D eigenvalue weighted by Crippen LogP contribution is 2.15. The van der Waals surface area contributed by atoms with Gasteiger partial charge in [0, 0.05) is 17.1 Å². The second kappa shape index (κ2) is 9.54. The highest BCUT2D eigenvalue weighted by atomic mass is 15.4. The molecule has 4 heteroatoms. The van der Waals surface area contributed by atoms with Crippen LogP contribution in [0.1, 0.15) is 82.0 Å². The third kappa shape index (κ3) is 6.54. The molecule has 1 aromatic heterocycles. The summed E-state index contributed by atoms with van der Waals surface area (Å²) >= 11 is 0. The zero-order valence-electron chi connectivity index (χ0n) is 14.2. The quantitative estimate of drug-likeness (QED) is 0.767. The molecule has 0 aromatic carbocycles. The van der Waals surface area contributed by atoms with Crippen molar-refractivity contribution in [2.75, 3.05) is 5.43 Å². The van der Waals surface area contributed by atoms with Crippen molar-refractivity contribution < 1.29 is 0 Å². The van der Waals surface area contributed by atoms with Crippen molar-refractivity contribution in [3.05, 3.63) is 17.5 Å². The van der Waals surface area contributed by atoms with Gasteiger partial charge in [-0.2, -0.15) is 5.10 Å². The van der Waals surface area contributed by atoms with E-state index in [2.05, 4.69) is 20.5 Å². The van der Waals surface area contributed by atoms with E-state index in [0.717, 1.165) is 24.2 Å². The van der Waals surface area contributed by atoms with Gasteiger partial charge in [-0.15, -0.1) is 0 Å². The molecule has 1 aliphatic rings. The SMILES string of the molecule is Cc1cc(C)nc(NN=C2CCCCCCCCCCC2)n1. The summed E-state index contributed by atoms with van der Waals surface area (Å²) in [4.78, 5) is 8.78. The van der Waals surface area contributed by atoms with Crippen molar-refractivity contribution in [1.82, 2.24) is 9.97 Å². The van der Waals surface area contributed by atoms with Crippen LogP contribution in [0.3, 0.4) is 0 Å². The van der Waals surface area contributed by atoms with Crippen molar-refractivity contribution in [2.24, 2.45) is 5.10 Å². The third-order valence-electron chi connectivity index (χ3n) is 4.23. The van der Waals surface area contributed by atoms with Crippen molar-refractivity contribution in [1.29, 1.82) is 0 Å². The molecule has 22 heavy (non-hydrogen) atoms. The number of nitrogens with zero attached hydrogens (tertiary/aromatic N) is 3. The number of rotatable bonds is 2. The standard InChI is InChI=1S/C18H30N4/c1-15-14-16(2)20-18(19-15)22-21-17-12-10-8-6-4-3-5-7-9-11-13-17/h14H,3-13H2,1-2H3,(H,19,20,22). The molecule has 0 bridgehead atoms. The predicted molar refractivity (Wildman–Crippen MR) is 93.4 cm³/mol. The van der Waals surface area contributed by atoms with Crippen LogP contribution in [-0.4, -0.2) is 15.7 Å². The van der Waals surface area contributed by atoms with Gasteiger partial charge in [0.25, 0.3) is 0 Å². The molecule has 1 heterocycles. The summed E-state index contributed by atoms with van der Waals surface area (Å²) in [6.07, 6.45) is 14.4. The Balaban J connectivity index is 1.92. The summed E-state index contributed by atoms with van der Waals surface area (Å²) in [7, 11) is 0. The van der Waals surface area contributed by atoms with E-state index in [9.17, 15) is 0 Å². The molecular formula is C18H30N4. The Hall–Kier alpha value is -1.45. The van der Waals surface area contributed by atoms with Crippen molar-refractivity contribution in [3.8, 4) is 0 Å². The lowest BCUT2D eigenvalue weighted by Gasteiger charge is -2.10. The minimum Gasteiger partial charge on any atom is -0.245 e. The number of hydrogen-bond donors (Lipinski definition) is 1. The molecule has 1 saturated carbocycles. The van der Waals surface area contributed by atoms with Gasteiger partial charge < -0.3 is 0 Å². The maximum atomic E-state index is 4.61. The van der Waals surface area contributed by atoms with E-state index in [4.69, 9.17) is 0 Å².